The van der Waals surface area contributed by atoms with Gasteiger partial charge in [-0.05, 0) is 50.8 Å². The van der Waals surface area contributed by atoms with E-state index < -0.39 is 5.60 Å². The first-order chi connectivity index (χ1) is 14.2. The Kier molecular flexibility index (Phi) is 6.25. The van der Waals surface area contributed by atoms with Gasteiger partial charge in [0.05, 0.1) is 11.1 Å². The van der Waals surface area contributed by atoms with Crippen LogP contribution < -0.4 is 4.74 Å². The number of aryl methyl sites for hydroxylation is 2. The van der Waals surface area contributed by atoms with Crippen molar-refractivity contribution in [3.8, 4) is 22.6 Å². The summed E-state index contributed by atoms with van der Waals surface area (Å²) in [7, 11) is 1.73. The Balaban J connectivity index is 2.24. The molecule has 160 valence electrons. The van der Waals surface area contributed by atoms with E-state index in [0.29, 0.717) is 23.4 Å². The van der Waals surface area contributed by atoms with Crippen molar-refractivity contribution in [3.05, 3.63) is 59.2 Å². The second kappa shape index (κ2) is 8.55. The lowest BCUT2D eigenvalue weighted by Crippen LogP contribution is -2.31. The molecule has 1 aliphatic rings. The highest BCUT2D eigenvalue weighted by molar-refractivity contribution is 6.02. The molecule has 0 bridgehead atoms. The van der Waals surface area contributed by atoms with Crippen molar-refractivity contribution in [1.29, 1.82) is 0 Å². The number of aromatic hydroxyl groups is 1. The van der Waals surface area contributed by atoms with Crippen molar-refractivity contribution >= 4 is 5.91 Å². The lowest BCUT2D eigenvalue weighted by Gasteiger charge is -2.36. The smallest absolute Gasteiger partial charge is 0.257 e. The molecule has 0 atom stereocenters. The van der Waals surface area contributed by atoms with Crippen LogP contribution in [-0.4, -0.2) is 29.5 Å². The van der Waals surface area contributed by atoms with E-state index in [9.17, 15) is 9.90 Å². The van der Waals surface area contributed by atoms with Gasteiger partial charge in [-0.25, -0.2) is 0 Å². The Bertz CT molecular complexity index is 975. The zero-order valence-electron chi connectivity index (χ0n) is 18.8. The first kappa shape index (κ1) is 21.9. The molecule has 0 radical (unpaired) electrons. The van der Waals surface area contributed by atoms with Crippen LogP contribution in [0.1, 0.15) is 67.1 Å². The number of benzene rings is 2. The number of hydrogen-bond acceptors (Lipinski definition) is 3. The molecule has 0 aromatic heterocycles. The fourth-order valence-electron chi connectivity index (χ4n) is 4.23. The van der Waals surface area contributed by atoms with Gasteiger partial charge in [0.1, 0.15) is 17.1 Å². The molecule has 0 spiro atoms. The number of amides is 1. The maximum absolute atomic E-state index is 13.3. The molecule has 0 aliphatic carbocycles. The van der Waals surface area contributed by atoms with Gasteiger partial charge < -0.3 is 14.7 Å². The monoisotopic (exact) mass is 407 g/mol. The van der Waals surface area contributed by atoms with Gasteiger partial charge >= 0.3 is 0 Å². The van der Waals surface area contributed by atoms with E-state index in [1.54, 1.807) is 18.0 Å². The van der Waals surface area contributed by atoms with E-state index in [4.69, 9.17) is 4.74 Å². The van der Waals surface area contributed by atoms with E-state index in [2.05, 4.69) is 25.6 Å². The Morgan fingerprint density at radius 3 is 2.67 bits per heavy atom. The molecule has 1 amide bonds. The number of hydrogen-bond donors (Lipinski definition) is 1. The van der Waals surface area contributed by atoms with Gasteiger partial charge in [-0.15, -0.1) is 6.58 Å². The maximum Gasteiger partial charge on any atom is 0.257 e. The van der Waals surface area contributed by atoms with Crippen LogP contribution in [0.2, 0.25) is 0 Å². The van der Waals surface area contributed by atoms with Gasteiger partial charge in [-0.1, -0.05) is 49.6 Å². The topological polar surface area (TPSA) is 49.8 Å². The molecule has 0 fully saturated rings. The van der Waals surface area contributed by atoms with Crippen LogP contribution in [-0.2, 0) is 12.0 Å². The first-order valence-electron chi connectivity index (χ1n) is 10.8. The second-order valence-electron chi connectivity index (χ2n) is 8.73. The number of fused-ring (bicyclic) bond motifs is 3. The standard InChI is InChI=1S/C26H33NO3/c1-7-9-10-11-18-16-21-23(24(28)22(18)25(29)27(6)14-8-2)19-15-17(3)12-13-20(19)26(4,5)30-21/h8,12-13,15-16,28H,2,7,9-11,14H2,1,3-6H3. The minimum absolute atomic E-state index is 0.0160. The Hall–Kier alpha value is -2.75. The molecule has 1 heterocycles. The van der Waals surface area contributed by atoms with E-state index in [0.717, 1.165) is 47.9 Å². The highest BCUT2D eigenvalue weighted by Gasteiger charge is 2.36. The quantitative estimate of drug-likeness (QED) is 0.453. The number of rotatable bonds is 7. The third kappa shape index (κ3) is 3.96. The molecule has 1 aliphatic heterocycles. The van der Waals surface area contributed by atoms with Crippen LogP contribution >= 0.6 is 0 Å². The van der Waals surface area contributed by atoms with Crippen molar-refractivity contribution in [3.63, 3.8) is 0 Å². The first-order valence-corrected chi connectivity index (χ1v) is 10.8. The highest BCUT2D eigenvalue weighted by atomic mass is 16.5. The summed E-state index contributed by atoms with van der Waals surface area (Å²) in [6, 6.07) is 8.13. The fraction of sp³-hybridized carbons (Fsp3) is 0.423. The molecule has 4 nitrogen and oxygen atoms in total. The number of phenols is 1. The molecule has 0 unspecified atom stereocenters. The number of phenolic OH excluding ortho intramolecular Hbond substituents is 1. The zero-order valence-corrected chi connectivity index (χ0v) is 18.8. The predicted molar refractivity (Wildman–Crippen MR) is 122 cm³/mol. The molecule has 2 aromatic carbocycles. The van der Waals surface area contributed by atoms with Crippen LogP contribution in [0.25, 0.3) is 11.1 Å². The predicted octanol–water partition coefficient (Wildman–Crippen LogP) is 5.99. The largest absolute Gasteiger partial charge is 0.506 e. The van der Waals surface area contributed by atoms with Crippen LogP contribution in [0.15, 0.2) is 36.9 Å². The van der Waals surface area contributed by atoms with Crippen molar-refractivity contribution in [2.75, 3.05) is 13.6 Å². The van der Waals surface area contributed by atoms with Crippen LogP contribution in [0.3, 0.4) is 0 Å². The van der Waals surface area contributed by atoms with Crippen LogP contribution in [0.4, 0.5) is 0 Å². The average molecular weight is 408 g/mol. The molecule has 30 heavy (non-hydrogen) atoms. The number of nitrogens with zero attached hydrogens (tertiary/aromatic N) is 1. The molecule has 0 saturated heterocycles. The summed E-state index contributed by atoms with van der Waals surface area (Å²) < 4.78 is 6.36. The van der Waals surface area contributed by atoms with Gasteiger partial charge in [-0.2, -0.15) is 0 Å². The van der Waals surface area contributed by atoms with Gasteiger partial charge in [0.15, 0.2) is 0 Å². The Labute approximate surface area is 180 Å². The Morgan fingerprint density at radius 2 is 2.00 bits per heavy atom. The molecular formula is C26H33NO3. The van der Waals surface area contributed by atoms with E-state index in [1.165, 1.54) is 0 Å². The lowest BCUT2D eigenvalue weighted by molar-refractivity contribution is 0.0805. The molecule has 2 aromatic rings. The van der Waals surface area contributed by atoms with Crippen LogP contribution in [0.5, 0.6) is 11.5 Å². The molecule has 3 rings (SSSR count). The minimum atomic E-state index is -0.520. The number of carbonyl (C=O) groups excluding carboxylic acids is 1. The van der Waals surface area contributed by atoms with Crippen molar-refractivity contribution in [2.45, 2.75) is 59.0 Å². The number of ether oxygens (including phenoxy) is 1. The second-order valence-corrected chi connectivity index (χ2v) is 8.73. The summed E-state index contributed by atoms with van der Waals surface area (Å²) in [6.07, 6.45) is 5.53. The molecule has 0 saturated carbocycles. The molecular weight excluding hydrogens is 374 g/mol. The van der Waals surface area contributed by atoms with Crippen molar-refractivity contribution in [2.24, 2.45) is 0 Å². The molecule has 4 heteroatoms. The zero-order chi connectivity index (χ0) is 22.1. The van der Waals surface area contributed by atoms with Gasteiger partial charge in [0.25, 0.3) is 5.91 Å². The third-order valence-electron chi connectivity index (χ3n) is 5.82. The van der Waals surface area contributed by atoms with E-state index in [1.807, 2.05) is 32.9 Å². The number of carbonyl (C=O) groups is 1. The van der Waals surface area contributed by atoms with E-state index >= 15 is 0 Å². The minimum Gasteiger partial charge on any atom is -0.506 e. The van der Waals surface area contributed by atoms with Gasteiger partial charge in [-0.3, -0.25) is 4.79 Å². The summed E-state index contributed by atoms with van der Waals surface area (Å²) in [5, 5.41) is 11.4. The maximum atomic E-state index is 13.3. The SMILES string of the molecule is C=CCN(C)C(=O)c1c(CCCCC)cc2c(c1O)-c1cc(C)ccc1C(C)(C)O2. The van der Waals surface area contributed by atoms with Gasteiger partial charge in [0.2, 0.25) is 0 Å². The average Bonchev–Trinajstić information content (AvgIpc) is 2.67. The molecule has 1 N–H and O–H groups in total. The van der Waals surface area contributed by atoms with Crippen LogP contribution in [0, 0.1) is 6.92 Å². The number of likely N-dealkylation sites (N-methyl/N-ethyl adjacent to an activating group) is 1. The Morgan fingerprint density at radius 1 is 1.27 bits per heavy atom. The number of unbranched alkanes of at least 4 members (excludes halogenated alkanes) is 2. The van der Waals surface area contributed by atoms with Gasteiger partial charge in [0, 0.05) is 19.2 Å². The highest BCUT2D eigenvalue weighted by Crippen LogP contribution is 2.51. The normalized spacial score (nSPS) is 13.8. The summed E-state index contributed by atoms with van der Waals surface area (Å²) in [4.78, 5) is 14.9. The summed E-state index contributed by atoms with van der Waals surface area (Å²) in [5.74, 6) is 0.466. The fourth-order valence-corrected chi connectivity index (χ4v) is 4.23. The van der Waals surface area contributed by atoms with Crippen molar-refractivity contribution < 1.29 is 14.6 Å². The van der Waals surface area contributed by atoms with E-state index in [-0.39, 0.29) is 11.7 Å². The summed E-state index contributed by atoms with van der Waals surface area (Å²) >= 11 is 0. The summed E-state index contributed by atoms with van der Waals surface area (Å²) in [6.45, 7) is 12.4. The van der Waals surface area contributed by atoms with Crippen molar-refractivity contribution in [1.82, 2.24) is 4.90 Å². The lowest BCUT2D eigenvalue weighted by atomic mass is 9.83. The summed E-state index contributed by atoms with van der Waals surface area (Å²) in [5.41, 5.74) is 4.35. The third-order valence-corrected chi connectivity index (χ3v) is 5.82.